The van der Waals surface area contributed by atoms with Crippen molar-refractivity contribution in [1.82, 2.24) is 5.32 Å². The van der Waals surface area contributed by atoms with Crippen molar-refractivity contribution < 1.29 is 14.3 Å². The van der Waals surface area contributed by atoms with E-state index in [0.29, 0.717) is 18.8 Å². The number of carbonyl (C=O) groups excluding carboxylic acids is 2. The van der Waals surface area contributed by atoms with Crippen LogP contribution in [0.1, 0.15) is 22.3 Å². The summed E-state index contributed by atoms with van der Waals surface area (Å²) in [5.41, 5.74) is 4.90. The Hall–Kier alpha value is -4.38. The van der Waals surface area contributed by atoms with E-state index in [0.717, 1.165) is 22.4 Å². The van der Waals surface area contributed by atoms with Gasteiger partial charge in [0.05, 0.1) is 13.0 Å². The van der Waals surface area contributed by atoms with E-state index in [1.807, 2.05) is 110 Å². The fourth-order valence-corrected chi connectivity index (χ4v) is 3.89. The molecule has 0 heterocycles. The van der Waals surface area contributed by atoms with Gasteiger partial charge in [0.2, 0.25) is 5.91 Å². The number of ether oxygens (including phenoxy) is 1. The summed E-state index contributed by atoms with van der Waals surface area (Å²) in [4.78, 5) is 27.3. The summed E-state index contributed by atoms with van der Waals surface area (Å²) < 4.78 is 5.71. The van der Waals surface area contributed by atoms with Crippen molar-refractivity contribution in [3.63, 3.8) is 0 Å². The molecule has 0 radical (unpaired) electrons. The number of rotatable bonds is 10. The van der Waals surface area contributed by atoms with Gasteiger partial charge in [0, 0.05) is 12.2 Å². The van der Waals surface area contributed by atoms with E-state index in [9.17, 15) is 9.59 Å². The number of carbonyl (C=O) groups is 2. The highest BCUT2D eigenvalue weighted by atomic mass is 16.5. The zero-order valence-corrected chi connectivity index (χ0v) is 20.4. The smallest absolute Gasteiger partial charge is 0.265 e. The van der Waals surface area contributed by atoms with Gasteiger partial charge in [-0.1, -0.05) is 90.5 Å². The van der Waals surface area contributed by atoms with Crippen LogP contribution in [0.5, 0.6) is 5.75 Å². The van der Waals surface area contributed by atoms with Crippen LogP contribution < -0.4 is 15.0 Å². The van der Waals surface area contributed by atoms with Crippen LogP contribution >= 0.6 is 0 Å². The van der Waals surface area contributed by atoms with Crippen molar-refractivity contribution in [1.29, 1.82) is 0 Å². The molecule has 0 spiro atoms. The third-order valence-electron chi connectivity index (χ3n) is 5.77. The average Bonchev–Trinajstić information content (AvgIpc) is 2.91. The number of anilines is 1. The average molecular weight is 479 g/mol. The van der Waals surface area contributed by atoms with Gasteiger partial charge >= 0.3 is 0 Å². The van der Waals surface area contributed by atoms with E-state index in [1.165, 1.54) is 5.56 Å². The number of para-hydroxylation sites is 1. The summed E-state index contributed by atoms with van der Waals surface area (Å²) in [7, 11) is 0. The minimum atomic E-state index is -0.147. The lowest BCUT2D eigenvalue weighted by Crippen LogP contribution is -2.34. The highest BCUT2D eigenvalue weighted by molar-refractivity contribution is 5.94. The number of benzene rings is 4. The van der Waals surface area contributed by atoms with Crippen LogP contribution in [0.4, 0.5) is 5.69 Å². The topological polar surface area (TPSA) is 58.6 Å². The van der Waals surface area contributed by atoms with Crippen molar-refractivity contribution in [2.75, 3.05) is 11.5 Å². The van der Waals surface area contributed by atoms with Gasteiger partial charge in [-0.15, -0.1) is 0 Å². The summed E-state index contributed by atoms with van der Waals surface area (Å²) in [5, 5.41) is 2.98. The van der Waals surface area contributed by atoms with Crippen LogP contribution in [0.3, 0.4) is 0 Å². The van der Waals surface area contributed by atoms with E-state index in [4.69, 9.17) is 4.74 Å². The molecule has 5 nitrogen and oxygen atoms in total. The molecule has 0 saturated heterocycles. The molecule has 0 saturated carbocycles. The molecule has 0 atom stereocenters. The Morgan fingerprint density at radius 3 is 2.11 bits per heavy atom. The van der Waals surface area contributed by atoms with Crippen molar-refractivity contribution >= 4 is 17.5 Å². The van der Waals surface area contributed by atoms with E-state index in [2.05, 4.69) is 11.4 Å². The third-order valence-corrected chi connectivity index (χ3v) is 5.77. The Labute approximate surface area is 212 Å². The Balaban J connectivity index is 1.40. The molecule has 4 aromatic rings. The first-order chi connectivity index (χ1) is 17.6. The van der Waals surface area contributed by atoms with Gasteiger partial charge in [0.15, 0.2) is 6.61 Å². The first-order valence-corrected chi connectivity index (χ1v) is 12.0. The maximum Gasteiger partial charge on any atom is 0.265 e. The molecule has 0 aromatic heterocycles. The molecule has 5 heteroatoms. The maximum absolute atomic E-state index is 13.2. The Morgan fingerprint density at radius 1 is 0.750 bits per heavy atom. The fraction of sp³-hybridized carbons (Fsp3) is 0.161. The molecule has 0 fully saturated rings. The van der Waals surface area contributed by atoms with Gasteiger partial charge in [0.25, 0.3) is 5.91 Å². The molecule has 182 valence electrons. The standard InChI is InChI=1S/C31H30N2O3/c1-24-9-8-12-27(19-24)21-32-30(34)20-25-15-17-28(18-16-25)33(22-26-10-4-2-5-11-26)31(35)23-36-29-13-6-3-7-14-29/h2-19H,20-23H2,1H3,(H,32,34). The second-order valence-electron chi connectivity index (χ2n) is 8.68. The number of amides is 2. The zero-order chi connectivity index (χ0) is 25.2. The SMILES string of the molecule is Cc1cccc(CNC(=O)Cc2ccc(N(Cc3ccccc3)C(=O)COc3ccccc3)cc2)c1. The van der Waals surface area contributed by atoms with E-state index >= 15 is 0 Å². The summed E-state index contributed by atoms with van der Waals surface area (Å²) in [6.07, 6.45) is 0.274. The van der Waals surface area contributed by atoms with Crippen LogP contribution in [-0.2, 0) is 29.1 Å². The molecule has 2 amide bonds. The van der Waals surface area contributed by atoms with Gasteiger partial charge in [0.1, 0.15) is 5.75 Å². The van der Waals surface area contributed by atoms with Gasteiger partial charge < -0.3 is 15.0 Å². The summed E-state index contributed by atoms with van der Waals surface area (Å²) in [6, 6.07) is 34.8. The predicted octanol–water partition coefficient (Wildman–Crippen LogP) is 5.47. The lowest BCUT2D eigenvalue weighted by atomic mass is 10.1. The maximum atomic E-state index is 13.2. The van der Waals surface area contributed by atoms with Crippen LogP contribution in [0.25, 0.3) is 0 Å². The monoisotopic (exact) mass is 478 g/mol. The van der Waals surface area contributed by atoms with Crippen molar-refractivity contribution in [2.45, 2.75) is 26.4 Å². The lowest BCUT2D eigenvalue weighted by Gasteiger charge is -2.23. The molecular formula is C31H30N2O3. The highest BCUT2D eigenvalue weighted by Gasteiger charge is 2.17. The van der Waals surface area contributed by atoms with Crippen molar-refractivity contribution in [3.8, 4) is 5.75 Å². The van der Waals surface area contributed by atoms with Crippen LogP contribution in [0, 0.1) is 6.92 Å². The van der Waals surface area contributed by atoms with E-state index in [1.54, 1.807) is 4.90 Å². The molecule has 4 aromatic carbocycles. The molecule has 0 aliphatic heterocycles. The second kappa shape index (κ2) is 12.4. The number of hydrogen-bond donors (Lipinski definition) is 1. The van der Waals surface area contributed by atoms with Gasteiger partial charge in [-0.3, -0.25) is 9.59 Å². The molecule has 1 N–H and O–H groups in total. The minimum absolute atomic E-state index is 0.0438. The van der Waals surface area contributed by atoms with E-state index in [-0.39, 0.29) is 24.8 Å². The van der Waals surface area contributed by atoms with Gasteiger partial charge in [-0.2, -0.15) is 0 Å². The predicted molar refractivity (Wildman–Crippen MR) is 143 cm³/mol. The lowest BCUT2D eigenvalue weighted by molar-refractivity contribution is -0.121. The Morgan fingerprint density at radius 2 is 1.42 bits per heavy atom. The third kappa shape index (κ3) is 7.31. The molecule has 4 rings (SSSR count). The summed E-state index contributed by atoms with van der Waals surface area (Å²) >= 11 is 0. The minimum Gasteiger partial charge on any atom is -0.484 e. The number of nitrogens with zero attached hydrogens (tertiary/aromatic N) is 1. The van der Waals surface area contributed by atoms with E-state index < -0.39 is 0 Å². The molecular weight excluding hydrogens is 448 g/mol. The normalized spacial score (nSPS) is 10.5. The van der Waals surface area contributed by atoms with Crippen molar-refractivity contribution in [2.24, 2.45) is 0 Å². The zero-order valence-electron chi connectivity index (χ0n) is 20.4. The fourth-order valence-electron chi connectivity index (χ4n) is 3.89. The number of hydrogen-bond acceptors (Lipinski definition) is 3. The summed E-state index contributed by atoms with van der Waals surface area (Å²) in [6.45, 7) is 2.89. The second-order valence-corrected chi connectivity index (χ2v) is 8.68. The summed E-state index contributed by atoms with van der Waals surface area (Å²) in [5.74, 6) is 0.460. The van der Waals surface area contributed by atoms with Gasteiger partial charge in [-0.05, 0) is 47.9 Å². The molecule has 0 aliphatic carbocycles. The largest absolute Gasteiger partial charge is 0.484 e. The van der Waals surface area contributed by atoms with Crippen LogP contribution in [0.15, 0.2) is 109 Å². The molecule has 36 heavy (non-hydrogen) atoms. The van der Waals surface area contributed by atoms with Crippen LogP contribution in [-0.4, -0.2) is 18.4 Å². The molecule has 0 aliphatic rings. The molecule has 0 bridgehead atoms. The quantitative estimate of drug-likeness (QED) is 0.329. The Kier molecular flexibility index (Phi) is 8.49. The molecule has 0 unspecified atom stereocenters. The first-order valence-electron chi connectivity index (χ1n) is 12.0. The number of aryl methyl sites for hydroxylation is 1. The first kappa shape index (κ1) is 24.7. The Bertz CT molecular complexity index is 1270. The van der Waals surface area contributed by atoms with Gasteiger partial charge in [-0.25, -0.2) is 0 Å². The van der Waals surface area contributed by atoms with Crippen molar-refractivity contribution in [3.05, 3.63) is 131 Å². The van der Waals surface area contributed by atoms with Crippen LogP contribution in [0.2, 0.25) is 0 Å². The highest BCUT2D eigenvalue weighted by Crippen LogP contribution is 2.20. The number of nitrogens with one attached hydrogen (secondary N) is 1.